The third-order valence-corrected chi connectivity index (χ3v) is 4.08. The molecule has 0 bridgehead atoms. The van der Waals surface area contributed by atoms with Gasteiger partial charge in [-0.2, -0.15) is 0 Å². The largest absolute Gasteiger partial charge is 0.388 e. The summed E-state index contributed by atoms with van der Waals surface area (Å²) in [6, 6.07) is 15.1. The summed E-state index contributed by atoms with van der Waals surface area (Å²) in [5.74, 6) is 0.380. The zero-order valence-corrected chi connectivity index (χ0v) is 13.8. The summed E-state index contributed by atoms with van der Waals surface area (Å²) in [7, 11) is 0. The van der Waals surface area contributed by atoms with E-state index in [0.717, 1.165) is 23.0 Å². The van der Waals surface area contributed by atoms with Crippen molar-refractivity contribution in [1.82, 2.24) is 14.9 Å². The second-order valence-electron chi connectivity index (χ2n) is 5.49. The fraction of sp³-hybridized carbons (Fsp3) is 0.222. The van der Waals surface area contributed by atoms with Crippen LogP contribution in [0.2, 0.25) is 5.02 Å². The van der Waals surface area contributed by atoms with Gasteiger partial charge in [0.1, 0.15) is 19.0 Å². The lowest BCUT2D eigenvalue weighted by Crippen LogP contribution is -2.30. The molecule has 124 valence electrons. The summed E-state index contributed by atoms with van der Waals surface area (Å²) in [5, 5.41) is 13.1. The molecule has 0 fully saturated rings. The van der Waals surface area contributed by atoms with Crippen molar-refractivity contribution in [2.24, 2.45) is 0 Å². The number of rotatable bonds is 6. The van der Waals surface area contributed by atoms with E-state index in [-0.39, 0.29) is 19.1 Å². The Morgan fingerprint density at radius 2 is 1.92 bits per heavy atom. The van der Waals surface area contributed by atoms with Gasteiger partial charge in [-0.3, -0.25) is 4.79 Å². The molecule has 0 saturated heterocycles. The molecule has 3 aromatic rings. The fourth-order valence-corrected chi connectivity index (χ4v) is 2.75. The maximum Gasteiger partial charge on any atom is 0.240 e. The predicted molar refractivity (Wildman–Crippen MR) is 93.8 cm³/mol. The second-order valence-corrected chi connectivity index (χ2v) is 5.92. The minimum atomic E-state index is -0.202. The van der Waals surface area contributed by atoms with Crippen LogP contribution in [0.15, 0.2) is 48.5 Å². The Morgan fingerprint density at radius 1 is 1.17 bits per heavy atom. The summed E-state index contributed by atoms with van der Waals surface area (Å²) in [5.41, 5.74) is 2.73. The van der Waals surface area contributed by atoms with Crippen LogP contribution in [0, 0.1) is 0 Å². The summed E-state index contributed by atoms with van der Waals surface area (Å²) in [6.07, 6.45) is 0.737. The predicted octanol–water partition coefficient (Wildman–Crippen LogP) is 2.54. The molecule has 0 radical (unpaired) electrons. The SMILES string of the molecule is O=C(Cn1c(CO)nc2ccccc21)NCCc1ccc(Cl)cc1. The van der Waals surface area contributed by atoms with Crippen LogP contribution >= 0.6 is 11.6 Å². The highest BCUT2D eigenvalue weighted by molar-refractivity contribution is 6.30. The lowest BCUT2D eigenvalue weighted by Gasteiger charge is -2.09. The van der Waals surface area contributed by atoms with E-state index in [1.807, 2.05) is 48.5 Å². The summed E-state index contributed by atoms with van der Waals surface area (Å²) in [6.45, 7) is 0.477. The van der Waals surface area contributed by atoms with Gasteiger partial charge in [0.25, 0.3) is 0 Å². The van der Waals surface area contributed by atoms with E-state index in [2.05, 4.69) is 10.3 Å². The van der Waals surface area contributed by atoms with Crippen molar-refractivity contribution >= 4 is 28.5 Å². The van der Waals surface area contributed by atoms with Crippen molar-refractivity contribution in [3.05, 3.63) is 64.9 Å². The number of hydrogen-bond donors (Lipinski definition) is 2. The van der Waals surface area contributed by atoms with E-state index in [0.29, 0.717) is 17.4 Å². The topological polar surface area (TPSA) is 67.2 Å². The maximum absolute atomic E-state index is 12.2. The third kappa shape index (κ3) is 3.75. The van der Waals surface area contributed by atoms with Crippen LogP contribution in [0.3, 0.4) is 0 Å². The molecule has 0 spiro atoms. The molecule has 0 aliphatic heterocycles. The maximum atomic E-state index is 12.2. The van der Waals surface area contributed by atoms with Gasteiger partial charge in [-0.1, -0.05) is 35.9 Å². The molecular formula is C18H18ClN3O2. The number of nitrogens with zero attached hydrogens (tertiary/aromatic N) is 2. The number of nitrogens with one attached hydrogen (secondary N) is 1. The first-order valence-corrected chi connectivity index (χ1v) is 8.11. The van der Waals surface area contributed by atoms with Crippen molar-refractivity contribution in [2.75, 3.05) is 6.54 Å². The summed E-state index contributed by atoms with van der Waals surface area (Å²) >= 11 is 5.85. The average molecular weight is 344 g/mol. The number of carbonyl (C=O) groups excluding carboxylic acids is 1. The van der Waals surface area contributed by atoms with Gasteiger partial charge in [-0.15, -0.1) is 0 Å². The highest BCUT2D eigenvalue weighted by atomic mass is 35.5. The van der Waals surface area contributed by atoms with Crippen LogP contribution in [-0.2, 0) is 24.4 Å². The molecule has 0 aliphatic rings. The van der Waals surface area contributed by atoms with Gasteiger partial charge in [0, 0.05) is 11.6 Å². The van der Waals surface area contributed by atoms with Crippen molar-refractivity contribution in [1.29, 1.82) is 0 Å². The number of aromatic nitrogens is 2. The van der Waals surface area contributed by atoms with Crippen molar-refractivity contribution in [2.45, 2.75) is 19.6 Å². The Labute approximate surface area is 144 Å². The van der Waals surface area contributed by atoms with Gasteiger partial charge in [-0.05, 0) is 36.2 Å². The van der Waals surface area contributed by atoms with Crippen molar-refractivity contribution in [3.63, 3.8) is 0 Å². The van der Waals surface area contributed by atoms with Gasteiger partial charge < -0.3 is 15.0 Å². The molecule has 1 amide bonds. The van der Waals surface area contributed by atoms with Crippen molar-refractivity contribution in [3.8, 4) is 0 Å². The summed E-state index contributed by atoms with van der Waals surface area (Å²) in [4.78, 5) is 16.5. The Morgan fingerprint density at radius 3 is 2.67 bits per heavy atom. The number of aliphatic hydroxyl groups excluding tert-OH is 1. The molecule has 2 N–H and O–H groups in total. The molecule has 1 aromatic heterocycles. The number of hydrogen-bond acceptors (Lipinski definition) is 3. The molecule has 0 aliphatic carbocycles. The number of para-hydroxylation sites is 2. The lowest BCUT2D eigenvalue weighted by atomic mass is 10.1. The highest BCUT2D eigenvalue weighted by Crippen LogP contribution is 2.16. The average Bonchev–Trinajstić information content (AvgIpc) is 2.94. The number of carbonyl (C=O) groups is 1. The standard InChI is InChI=1S/C18H18ClN3O2/c19-14-7-5-13(6-8-14)9-10-20-18(24)11-22-16-4-2-1-3-15(16)21-17(22)12-23/h1-8,23H,9-12H2,(H,20,24). The zero-order valence-electron chi connectivity index (χ0n) is 13.1. The Balaban J connectivity index is 1.61. The third-order valence-electron chi connectivity index (χ3n) is 3.83. The van der Waals surface area contributed by atoms with E-state index in [9.17, 15) is 9.90 Å². The molecule has 0 atom stereocenters. The lowest BCUT2D eigenvalue weighted by molar-refractivity contribution is -0.121. The van der Waals surface area contributed by atoms with Gasteiger partial charge in [0.05, 0.1) is 11.0 Å². The smallest absolute Gasteiger partial charge is 0.240 e. The minimum Gasteiger partial charge on any atom is -0.388 e. The van der Waals surface area contributed by atoms with Gasteiger partial charge in [0.15, 0.2) is 0 Å². The highest BCUT2D eigenvalue weighted by Gasteiger charge is 2.12. The fourth-order valence-electron chi connectivity index (χ4n) is 2.62. The van der Waals surface area contributed by atoms with Crippen LogP contribution in [0.1, 0.15) is 11.4 Å². The van der Waals surface area contributed by atoms with E-state index < -0.39 is 0 Å². The number of amides is 1. The van der Waals surface area contributed by atoms with E-state index in [4.69, 9.17) is 11.6 Å². The molecule has 1 heterocycles. The second kappa shape index (κ2) is 7.47. The molecular weight excluding hydrogens is 326 g/mol. The number of imidazole rings is 1. The first kappa shape index (κ1) is 16.5. The monoisotopic (exact) mass is 343 g/mol. The van der Waals surface area contributed by atoms with Gasteiger partial charge in [0.2, 0.25) is 5.91 Å². The number of aliphatic hydroxyl groups is 1. The van der Waals surface area contributed by atoms with E-state index in [1.165, 1.54) is 0 Å². The van der Waals surface area contributed by atoms with Crippen LogP contribution in [0.4, 0.5) is 0 Å². The Kier molecular flexibility index (Phi) is 5.13. The van der Waals surface area contributed by atoms with E-state index >= 15 is 0 Å². The van der Waals surface area contributed by atoms with Crippen LogP contribution in [0.25, 0.3) is 11.0 Å². The molecule has 3 rings (SSSR count). The van der Waals surface area contributed by atoms with Crippen molar-refractivity contribution < 1.29 is 9.90 Å². The summed E-state index contributed by atoms with van der Waals surface area (Å²) < 4.78 is 1.74. The Hall–Kier alpha value is -2.37. The zero-order chi connectivity index (χ0) is 16.9. The molecule has 6 heteroatoms. The molecule has 5 nitrogen and oxygen atoms in total. The van der Waals surface area contributed by atoms with Crippen LogP contribution in [0.5, 0.6) is 0 Å². The number of benzene rings is 2. The quantitative estimate of drug-likeness (QED) is 0.722. The molecule has 0 unspecified atom stereocenters. The normalized spacial score (nSPS) is 10.9. The molecule has 2 aromatic carbocycles. The van der Waals surface area contributed by atoms with Gasteiger partial charge in [-0.25, -0.2) is 4.98 Å². The van der Waals surface area contributed by atoms with Crippen LogP contribution < -0.4 is 5.32 Å². The Bertz CT molecular complexity index is 843. The first-order chi connectivity index (χ1) is 11.7. The van der Waals surface area contributed by atoms with E-state index in [1.54, 1.807) is 4.57 Å². The van der Waals surface area contributed by atoms with Gasteiger partial charge >= 0.3 is 0 Å². The first-order valence-electron chi connectivity index (χ1n) is 7.73. The molecule has 24 heavy (non-hydrogen) atoms. The number of fused-ring (bicyclic) bond motifs is 1. The van der Waals surface area contributed by atoms with Crippen LogP contribution in [-0.4, -0.2) is 27.1 Å². The number of halogens is 1. The minimum absolute atomic E-state index is 0.109. The molecule has 0 saturated carbocycles.